The second-order valence-electron chi connectivity index (χ2n) is 5.33. The van der Waals surface area contributed by atoms with E-state index in [0.29, 0.717) is 6.04 Å². The SMILES string of the molecule is CC[C@]1(C(=O)OC)CC[C@H](CCc2ccccc2)N1. The topological polar surface area (TPSA) is 38.3 Å². The Labute approximate surface area is 115 Å². The number of benzene rings is 1. The molecule has 1 heterocycles. The fourth-order valence-electron chi connectivity index (χ4n) is 2.94. The van der Waals surface area contributed by atoms with Crippen molar-refractivity contribution in [1.82, 2.24) is 5.32 Å². The quantitative estimate of drug-likeness (QED) is 0.828. The summed E-state index contributed by atoms with van der Waals surface area (Å²) >= 11 is 0. The molecule has 0 radical (unpaired) electrons. The van der Waals surface area contributed by atoms with Crippen molar-refractivity contribution >= 4 is 5.97 Å². The average molecular weight is 261 g/mol. The normalized spacial score (nSPS) is 26.3. The molecule has 1 aromatic rings. The van der Waals surface area contributed by atoms with Gasteiger partial charge < -0.3 is 4.74 Å². The van der Waals surface area contributed by atoms with Crippen molar-refractivity contribution in [3.8, 4) is 0 Å². The molecule has 0 bridgehead atoms. The van der Waals surface area contributed by atoms with E-state index >= 15 is 0 Å². The second-order valence-corrected chi connectivity index (χ2v) is 5.33. The third-order valence-corrected chi connectivity index (χ3v) is 4.20. The van der Waals surface area contributed by atoms with Crippen molar-refractivity contribution < 1.29 is 9.53 Å². The maximum Gasteiger partial charge on any atom is 0.326 e. The highest BCUT2D eigenvalue weighted by molar-refractivity contribution is 5.81. The van der Waals surface area contributed by atoms with Gasteiger partial charge in [0.05, 0.1) is 7.11 Å². The summed E-state index contributed by atoms with van der Waals surface area (Å²) in [5.74, 6) is -0.114. The van der Waals surface area contributed by atoms with Crippen molar-refractivity contribution in [3.63, 3.8) is 0 Å². The summed E-state index contributed by atoms with van der Waals surface area (Å²) in [6.45, 7) is 2.05. The van der Waals surface area contributed by atoms with Crippen molar-refractivity contribution in [2.24, 2.45) is 0 Å². The summed E-state index contributed by atoms with van der Waals surface area (Å²) in [5.41, 5.74) is 0.909. The largest absolute Gasteiger partial charge is 0.468 e. The van der Waals surface area contributed by atoms with Crippen LogP contribution in [0.15, 0.2) is 30.3 Å². The number of methoxy groups -OCH3 is 1. The van der Waals surface area contributed by atoms with Crippen LogP contribution < -0.4 is 5.32 Å². The van der Waals surface area contributed by atoms with E-state index in [0.717, 1.165) is 32.1 Å². The lowest BCUT2D eigenvalue weighted by atomic mass is 9.94. The first-order valence-corrected chi connectivity index (χ1v) is 7.10. The molecule has 3 nitrogen and oxygen atoms in total. The molecular weight excluding hydrogens is 238 g/mol. The molecule has 1 saturated heterocycles. The third kappa shape index (κ3) is 3.16. The van der Waals surface area contributed by atoms with Crippen LogP contribution in [0.3, 0.4) is 0 Å². The van der Waals surface area contributed by atoms with Crippen molar-refractivity contribution in [3.05, 3.63) is 35.9 Å². The van der Waals surface area contributed by atoms with Crippen LogP contribution in [0.2, 0.25) is 0 Å². The lowest BCUT2D eigenvalue weighted by Gasteiger charge is -2.26. The van der Waals surface area contributed by atoms with Crippen molar-refractivity contribution in [1.29, 1.82) is 0 Å². The summed E-state index contributed by atoms with van der Waals surface area (Å²) in [7, 11) is 1.47. The molecule has 0 amide bonds. The van der Waals surface area contributed by atoms with Gasteiger partial charge in [-0.25, -0.2) is 0 Å². The van der Waals surface area contributed by atoms with Crippen LogP contribution in [0, 0.1) is 0 Å². The first kappa shape index (κ1) is 14.1. The van der Waals surface area contributed by atoms with Crippen LogP contribution in [0.25, 0.3) is 0 Å². The van der Waals surface area contributed by atoms with E-state index in [4.69, 9.17) is 4.74 Å². The Hall–Kier alpha value is -1.35. The molecule has 104 valence electrons. The zero-order valence-corrected chi connectivity index (χ0v) is 11.8. The fraction of sp³-hybridized carbons (Fsp3) is 0.562. The van der Waals surface area contributed by atoms with Crippen molar-refractivity contribution in [2.45, 2.75) is 50.6 Å². The smallest absolute Gasteiger partial charge is 0.326 e. The Morgan fingerprint density at radius 3 is 2.79 bits per heavy atom. The van der Waals surface area contributed by atoms with Gasteiger partial charge in [-0.2, -0.15) is 0 Å². The van der Waals surface area contributed by atoms with Crippen LogP contribution in [0.1, 0.15) is 38.2 Å². The predicted molar refractivity (Wildman–Crippen MR) is 76.0 cm³/mol. The highest BCUT2D eigenvalue weighted by Crippen LogP contribution is 2.29. The summed E-state index contributed by atoms with van der Waals surface area (Å²) in [6.07, 6.45) is 4.86. The molecule has 0 aliphatic carbocycles. The van der Waals surface area contributed by atoms with E-state index in [1.165, 1.54) is 12.7 Å². The minimum absolute atomic E-state index is 0.114. The van der Waals surface area contributed by atoms with Gasteiger partial charge in [-0.15, -0.1) is 0 Å². The molecule has 1 aliphatic heterocycles. The molecular formula is C16H23NO2. The summed E-state index contributed by atoms with van der Waals surface area (Å²) in [4.78, 5) is 11.9. The monoisotopic (exact) mass is 261 g/mol. The minimum atomic E-state index is -0.448. The fourth-order valence-corrected chi connectivity index (χ4v) is 2.94. The third-order valence-electron chi connectivity index (χ3n) is 4.20. The maximum absolute atomic E-state index is 11.9. The Kier molecular flexibility index (Phi) is 4.59. The van der Waals surface area contributed by atoms with Crippen LogP contribution in [-0.4, -0.2) is 24.7 Å². The van der Waals surface area contributed by atoms with Crippen LogP contribution in [0.5, 0.6) is 0 Å². The number of aryl methyl sites for hydroxylation is 1. The second kappa shape index (κ2) is 6.20. The molecule has 0 saturated carbocycles. The van der Waals surface area contributed by atoms with Gasteiger partial charge in [0.25, 0.3) is 0 Å². The minimum Gasteiger partial charge on any atom is -0.468 e. The molecule has 0 aromatic heterocycles. The number of carbonyl (C=O) groups excluding carboxylic acids is 1. The van der Waals surface area contributed by atoms with Gasteiger partial charge in [0.15, 0.2) is 0 Å². The number of rotatable bonds is 5. The number of nitrogens with one attached hydrogen (secondary N) is 1. The van der Waals surface area contributed by atoms with E-state index in [2.05, 4.69) is 29.6 Å². The van der Waals surface area contributed by atoms with E-state index in [9.17, 15) is 4.79 Å². The van der Waals surface area contributed by atoms with E-state index in [1.54, 1.807) is 0 Å². The molecule has 2 atom stereocenters. The maximum atomic E-state index is 11.9. The summed E-state index contributed by atoms with van der Waals surface area (Å²) in [6, 6.07) is 10.9. The molecule has 1 aromatic carbocycles. The first-order valence-electron chi connectivity index (χ1n) is 7.10. The molecule has 0 spiro atoms. The Balaban J connectivity index is 1.89. The van der Waals surface area contributed by atoms with Gasteiger partial charge in [-0.3, -0.25) is 10.1 Å². The lowest BCUT2D eigenvalue weighted by Crippen LogP contribution is -2.50. The van der Waals surface area contributed by atoms with E-state index < -0.39 is 5.54 Å². The molecule has 1 aliphatic rings. The van der Waals surface area contributed by atoms with Gasteiger partial charge in [0.2, 0.25) is 0 Å². The lowest BCUT2D eigenvalue weighted by molar-refractivity contribution is -0.148. The number of ether oxygens (including phenoxy) is 1. The number of hydrogen-bond acceptors (Lipinski definition) is 3. The summed E-state index contributed by atoms with van der Waals surface area (Å²) in [5, 5.41) is 3.50. The number of esters is 1. The molecule has 19 heavy (non-hydrogen) atoms. The Morgan fingerprint density at radius 2 is 2.16 bits per heavy atom. The molecule has 0 unspecified atom stereocenters. The standard InChI is InChI=1S/C16H23NO2/c1-3-16(15(18)19-2)12-11-14(17-16)10-9-13-7-5-4-6-8-13/h4-8,14,17H,3,9-12H2,1-2H3/t14-,16+/m0/s1. The zero-order chi connectivity index (χ0) is 13.7. The number of carbonyl (C=O) groups is 1. The highest BCUT2D eigenvalue weighted by Gasteiger charge is 2.43. The molecule has 2 rings (SSSR count). The van der Waals surface area contributed by atoms with Gasteiger partial charge >= 0.3 is 5.97 Å². The Morgan fingerprint density at radius 1 is 1.42 bits per heavy atom. The molecule has 3 heteroatoms. The number of hydrogen-bond donors (Lipinski definition) is 1. The van der Waals surface area contributed by atoms with Gasteiger partial charge in [0.1, 0.15) is 5.54 Å². The zero-order valence-electron chi connectivity index (χ0n) is 11.8. The molecule has 1 N–H and O–H groups in total. The predicted octanol–water partition coefficient (Wildman–Crippen LogP) is 2.69. The van der Waals surface area contributed by atoms with E-state index in [1.807, 2.05) is 13.0 Å². The highest BCUT2D eigenvalue weighted by atomic mass is 16.5. The average Bonchev–Trinajstić information content (AvgIpc) is 2.90. The first-order chi connectivity index (χ1) is 9.20. The van der Waals surface area contributed by atoms with Crippen LogP contribution in [0.4, 0.5) is 0 Å². The summed E-state index contributed by atoms with van der Waals surface area (Å²) < 4.78 is 4.94. The van der Waals surface area contributed by atoms with Gasteiger partial charge in [-0.1, -0.05) is 37.3 Å². The van der Waals surface area contributed by atoms with Crippen LogP contribution in [-0.2, 0) is 16.0 Å². The molecule has 1 fully saturated rings. The Bertz CT molecular complexity index is 418. The van der Waals surface area contributed by atoms with Crippen LogP contribution >= 0.6 is 0 Å². The van der Waals surface area contributed by atoms with Crippen molar-refractivity contribution in [2.75, 3.05) is 7.11 Å². The van der Waals surface area contributed by atoms with E-state index in [-0.39, 0.29) is 5.97 Å². The van der Waals surface area contributed by atoms with Gasteiger partial charge in [-0.05, 0) is 37.7 Å². The van der Waals surface area contributed by atoms with Gasteiger partial charge in [0, 0.05) is 6.04 Å².